The molecule has 2 rings (SSSR count). The number of allylic oxidation sites excluding steroid dienone is 2. The van der Waals surface area contributed by atoms with Gasteiger partial charge < -0.3 is 9.47 Å². The average Bonchev–Trinajstić information content (AvgIpc) is 2.63. The van der Waals surface area contributed by atoms with Gasteiger partial charge in [-0.25, -0.2) is 4.79 Å². The first-order chi connectivity index (χ1) is 12.5. The van der Waals surface area contributed by atoms with Crippen molar-refractivity contribution in [3.8, 4) is 5.75 Å². The summed E-state index contributed by atoms with van der Waals surface area (Å²) in [5.74, 6) is 0.571. The number of benzene rings is 2. The van der Waals surface area contributed by atoms with Gasteiger partial charge in [0.05, 0.1) is 12.2 Å². The van der Waals surface area contributed by atoms with E-state index in [2.05, 4.69) is 45.1 Å². The molecule has 0 N–H and O–H groups in total. The first kappa shape index (κ1) is 19.5. The zero-order valence-electron chi connectivity index (χ0n) is 15.9. The highest BCUT2D eigenvalue weighted by molar-refractivity contribution is 5.90. The lowest BCUT2D eigenvalue weighted by molar-refractivity contribution is 0.0526. The molecule has 0 aliphatic carbocycles. The third-order valence-corrected chi connectivity index (χ3v) is 3.86. The van der Waals surface area contributed by atoms with Gasteiger partial charge in [0.1, 0.15) is 12.4 Å². The molecule has 0 aliphatic heterocycles. The fourth-order valence-corrected chi connectivity index (χ4v) is 2.38. The lowest BCUT2D eigenvalue weighted by atomic mass is 10.0. The molecule has 0 saturated carbocycles. The van der Waals surface area contributed by atoms with Crippen LogP contribution in [0.4, 0.5) is 0 Å². The predicted octanol–water partition coefficient (Wildman–Crippen LogP) is 5.77. The Bertz CT molecular complexity index is 777. The van der Waals surface area contributed by atoms with Gasteiger partial charge in [-0.15, -0.1) is 0 Å². The molecule has 0 aromatic heterocycles. The van der Waals surface area contributed by atoms with Crippen LogP contribution in [-0.4, -0.2) is 19.2 Å². The molecule has 0 amide bonds. The Morgan fingerprint density at radius 2 is 1.54 bits per heavy atom. The van der Waals surface area contributed by atoms with Gasteiger partial charge in [0, 0.05) is 0 Å². The summed E-state index contributed by atoms with van der Waals surface area (Å²) >= 11 is 0. The van der Waals surface area contributed by atoms with Crippen molar-refractivity contribution in [2.45, 2.75) is 27.7 Å². The number of esters is 1. The maximum atomic E-state index is 11.7. The zero-order valence-corrected chi connectivity index (χ0v) is 15.9. The van der Waals surface area contributed by atoms with Gasteiger partial charge in [-0.2, -0.15) is 0 Å². The van der Waals surface area contributed by atoms with Crippen molar-refractivity contribution in [2.75, 3.05) is 13.2 Å². The molecule has 3 heteroatoms. The normalized spacial score (nSPS) is 11.0. The Balaban J connectivity index is 2.04. The molecule has 2 aromatic rings. The van der Waals surface area contributed by atoms with E-state index in [-0.39, 0.29) is 5.97 Å². The SMILES string of the molecule is CCOC(=O)c1ccc(C=C(C)c2ccc(OCC=C(C)C)cc2)cc1. The summed E-state index contributed by atoms with van der Waals surface area (Å²) < 4.78 is 10.7. The van der Waals surface area contributed by atoms with Crippen molar-refractivity contribution in [1.82, 2.24) is 0 Å². The fraction of sp³-hybridized carbons (Fsp3) is 0.261. The van der Waals surface area contributed by atoms with Gasteiger partial charge in [-0.3, -0.25) is 0 Å². The molecule has 0 spiro atoms. The quantitative estimate of drug-likeness (QED) is 0.361. The summed E-state index contributed by atoms with van der Waals surface area (Å²) in [5, 5.41) is 0. The van der Waals surface area contributed by atoms with Crippen LogP contribution in [0, 0.1) is 0 Å². The van der Waals surface area contributed by atoms with Gasteiger partial charge in [-0.05, 0) is 74.7 Å². The largest absolute Gasteiger partial charge is 0.490 e. The van der Waals surface area contributed by atoms with E-state index in [1.165, 1.54) is 5.57 Å². The van der Waals surface area contributed by atoms with Crippen LogP contribution in [0.15, 0.2) is 60.2 Å². The lowest BCUT2D eigenvalue weighted by Crippen LogP contribution is -2.03. The van der Waals surface area contributed by atoms with E-state index >= 15 is 0 Å². The van der Waals surface area contributed by atoms with Crippen molar-refractivity contribution in [3.63, 3.8) is 0 Å². The lowest BCUT2D eigenvalue weighted by Gasteiger charge is -2.07. The van der Waals surface area contributed by atoms with Gasteiger partial charge in [0.15, 0.2) is 0 Å². The average molecular weight is 350 g/mol. The molecule has 2 aromatic carbocycles. The molecule has 0 fully saturated rings. The highest BCUT2D eigenvalue weighted by Crippen LogP contribution is 2.21. The van der Waals surface area contributed by atoms with Crippen LogP contribution in [0.1, 0.15) is 49.2 Å². The molecule has 0 unspecified atom stereocenters. The van der Waals surface area contributed by atoms with Gasteiger partial charge >= 0.3 is 5.97 Å². The van der Waals surface area contributed by atoms with Crippen LogP contribution >= 0.6 is 0 Å². The maximum absolute atomic E-state index is 11.7. The van der Waals surface area contributed by atoms with E-state index in [0.29, 0.717) is 18.8 Å². The molecular formula is C23H26O3. The Labute approximate surface area is 156 Å². The van der Waals surface area contributed by atoms with Crippen LogP contribution < -0.4 is 4.74 Å². The number of hydrogen-bond donors (Lipinski definition) is 0. The minimum atomic E-state index is -0.288. The van der Waals surface area contributed by atoms with Crippen molar-refractivity contribution in [1.29, 1.82) is 0 Å². The van der Waals surface area contributed by atoms with Crippen molar-refractivity contribution >= 4 is 17.6 Å². The van der Waals surface area contributed by atoms with Crippen LogP contribution in [-0.2, 0) is 4.74 Å². The Morgan fingerprint density at radius 1 is 0.923 bits per heavy atom. The monoisotopic (exact) mass is 350 g/mol. The number of rotatable bonds is 7. The summed E-state index contributed by atoms with van der Waals surface area (Å²) in [6, 6.07) is 15.5. The van der Waals surface area contributed by atoms with Gasteiger partial charge in [0.25, 0.3) is 0 Å². The first-order valence-electron chi connectivity index (χ1n) is 8.81. The molecule has 26 heavy (non-hydrogen) atoms. The Hall–Kier alpha value is -2.81. The summed E-state index contributed by atoms with van der Waals surface area (Å²) in [5.41, 5.74) is 5.13. The summed E-state index contributed by atoms with van der Waals surface area (Å²) in [4.78, 5) is 11.7. The zero-order chi connectivity index (χ0) is 18.9. The number of carbonyl (C=O) groups excluding carboxylic acids is 1. The Kier molecular flexibility index (Phi) is 7.22. The highest BCUT2D eigenvalue weighted by Gasteiger charge is 2.05. The molecule has 136 valence electrons. The second-order valence-electron chi connectivity index (χ2n) is 6.29. The molecule has 0 saturated heterocycles. The maximum Gasteiger partial charge on any atom is 0.338 e. The number of carbonyl (C=O) groups is 1. The van der Waals surface area contributed by atoms with Crippen molar-refractivity contribution in [2.24, 2.45) is 0 Å². The summed E-state index contributed by atoms with van der Waals surface area (Å²) in [6.45, 7) is 8.95. The van der Waals surface area contributed by atoms with Crippen molar-refractivity contribution in [3.05, 3.63) is 76.9 Å². The molecule has 0 heterocycles. The van der Waals surface area contributed by atoms with E-state index in [4.69, 9.17) is 9.47 Å². The topological polar surface area (TPSA) is 35.5 Å². The molecule has 0 aliphatic rings. The van der Waals surface area contributed by atoms with E-state index in [0.717, 1.165) is 22.4 Å². The van der Waals surface area contributed by atoms with Gasteiger partial charge in [-0.1, -0.05) is 35.9 Å². The molecular weight excluding hydrogens is 324 g/mol. The molecule has 3 nitrogen and oxygen atoms in total. The number of hydrogen-bond acceptors (Lipinski definition) is 3. The number of ether oxygens (including phenoxy) is 2. The van der Waals surface area contributed by atoms with Crippen LogP contribution in [0.2, 0.25) is 0 Å². The summed E-state index contributed by atoms with van der Waals surface area (Å²) in [6.07, 6.45) is 4.15. The minimum absolute atomic E-state index is 0.288. The molecule has 0 bridgehead atoms. The van der Waals surface area contributed by atoms with E-state index in [1.54, 1.807) is 19.1 Å². The fourth-order valence-electron chi connectivity index (χ4n) is 2.38. The minimum Gasteiger partial charge on any atom is -0.490 e. The standard InChI is InChI=1S/C23H26O3/c1-5-25-23(24)21-8-6-19(7-9-21)16-18(4)20-10-12-22(13-11-20)26-15-14-17(2)3/h6-14,16H,5,15H2,1-4H3. The molecule has 0 atom stereocenters. The summed E-state index contributed by atoms with van der Waals surface area (Å²) in [7, 11) is 0. The van der Waals surface area contributed by atoms with E-state index in [9.17, 15) is 4.79 Å². The second kappa shape index (κ2) is 9.62. The van der Waals surface area contributed by atoms with Crippen molar-refractivity contribution < 1.29 is 14.3 Å². The van der Waals surface area contributed by atoms with E-state index in [1.807, 2.05) is 24.3 Å². The smallest absolute Gasteiger partial charge is 0.338 e. The van der Waals surface area contributed by atoms with Crippen LogP contribution in [0.5, 0.6) is 5.75 Å². The van der Waals surface area contributed by atoms with Crippen LogP contribution in [0.3, 0.4) is 0 Å². The second-order valence-corrected chi connectivity index (χ2v) is 6.29. The third-order valence-electron chi connectivity index (χ3n) is 3.86. The van der Waals surface area contributed by atoms with Gasteiger partial charge in [0.2, 0.25) is 0 Å². The first-order valence-corrected chi connectivity index (χ1v) is 8.81. The Morgan fingerprint density at radius 3 is 2.12 bits per heavy atom. The third kappa shape index (κ3) is 5.92. The predicted molar refractivity (Wildman–Crippen MR) is 107 cm³/mol. The van der Waals surface area contributed by atoms with E-state index < -0.39 is 0 Å². The highest BCUT2D eigenvalue weighted by atomic mass is 16.5. The van der Waals surface area contributed by atoms with Crippen LogP contribution in [0.25, 0.3) is 11.6 Å². The molecule has 0 radical (unpaired) electrons.